The van der Waals surface area contributed by atoms with E-state index in [0.29, 0.717) is 0 Å². The van der Waals surface area contributed by atoms with Gasteiger partial charge in [0, 0.05) is 27.7 Å². The van der Waals surface area contributed by atoms with Crippen LogP contribution in [0.1, 0.15) is 0 Å². The van der Waals surface area contributed by atoms with Gasteiger partial charge in [0.25, 0.3) is 0 Å². The first-order chi connectivity index (χ1) is 19.3. The van der Waals surface area contributed by atoms with Gasteiger partial charge in [-0.05, 0) is 64.0 Å². The maximum atomic E-state index is 6.11. The highest BCUT2D eigenvalue weighted by Gasteiger charge is 2.12. The van der Waals surface area contributed by atoms with Gasteiger partial charge in [0.2, 0.25) is 0 Å². The normalized spacial score (nSPS) is 11.6. The number of fused-ring (bicyclic) bond motifs is 6. The van der Waals surface area contributed by atoms with Crippen molar-refractivity contribution in [2.24, 2.45) is 0 Å². The molecule has 5 aromatic carbocycles. The lowest BCUT2D eigenvalue weighted by molar-refractivity contribution is 0.669. The third kappa shape index (κ3) is 3.59. The molecule has 0 amide bonds. The number of hydrogen-bond acceptors (Lipinski definition) is 3. The Morgan fingerprint density at radius 2 is 1.05 bits per heavy atom. The molecule has 0 unspecified atom stereocenters. The van der Waals surface area contributed by atoms with Crippen LogP contribution in [0.4, 0.5) is 0 Å². The van der Waals surface area contributed by atoms with Gasteiger partial charge in [-0.1, -0.05) is 91.0 Å². The second-order valence-corrected chi connectivity index (χ2v) is 9.84. The summed E-state index contributed by atoms with van der Waals surface area (Å²) in [5, 5.41) is 5.75. The molecular weight excluding hydrogens is 476 g/mol. The highest BCUT2D eigenvalue weighted by molar-refractivity contribution is 6.10. The van der Waals surface area contributed by atoms with E-state index in [-0.39, 0.29) is 0 Å². The Morgan fingerprint density at radius 1 is 0.436 bits per heavy atom. The molecule has 8 aromatic rings. The second kappa shape index (κ2) is 8.64. The monoisotopic (exact) mass is 498 g/mol. The fourth-order valence-electron chi connectivity index (χ4n) is 5.60. The Hall–Kier alpha value is -5.28. The molecule has 39 heavy (non-hydrogen) atoms. The Bertz CT molecular complexity index is 2170. The van der Waals surface area contributed by atoms with E-state index in [4.69, 9.17) is 14.4 Å². The lowest BCUT2D eigenvalue weighted by Crippen LogP contribution is -1.92. The van der Waals surface area contributed by atoms with Crippen molar-refractivity contribution in [1.82, 2.24) is 9.97 Å². The predicted octanol–water partition coefficient (Wildman–Crippen LogP) is 9.68. The van der Waals surface area contributed by atoms with Crippen molar-refractivity contribution < 1.29 is 4.42 Å². The number of benzene rings is 5. The van der Waals surface area contributed by atoms with Gasteiger partial charge in [0.05, 0.1) is 16.9 Å². The average molecular weight is 499 g/mol. The van der Waals surface area contributed by atoms with E-state index in [1.165, 1.54) is 5.39 Å². The molecule has 0 aliphatic rings. The molecular formula is C36H22N2O. The fraction of sp³-hybridized carbons (Fsp3) is 0. The second-order valence-electron chi connectivity index (χ2n) is 9.84. The SMILES string of the molecule is c1ccc2c(c1)nc(-c1cc(-c3ccc(-c4ccc5c(c4)oc4ccccc45)cc3)ccn1)c1ccccc12. The minimum atomic E-state index is 0.869. The predicted molar refractivity (Wildman–Crippen MR) is 161 cm³/mol. The molecule has 0 bridgehead atoms. The number of aromatic nitrogens is 2. The maximum Gasteiger partial charge on any atom is 0.136 e. The smallest absolute Gasteiger partial charge is 0.136 e. The van der Waals surface area contributed by atoms with Gasteiger partial charge < -0.3 is 4.42 Å². The molecule has 3 nitrogen and oxygen atoms in total. The summed E-state index contributed by atoms with van der Waals surface area (Å²) in [5.74, 6) is 0. The lowest BCUT2D eigenvalue weighted by atomic mass is 9.98. The minimum Gasteiger partial charge on any atom is -0.456 e. The van der Waals surface area contributed by atoms with E-state index >= 15 is 0 Å². The highest BCUT2D eigenvalue weighted by atomic mass is 16.3. The van der Waals surface area contributed by atoms with E-state index in [9.17, 15) is 0 Å². The first kappa shape index (κ1) is 21.8. The van der Waals surface area contributed by atoms with E-state index in [1.807, 2.05) is 30.5 Å². The van der Waals surface area contributed by atoms with Gasteiger partial charge >= 0.3 is 0 Å². The molecule has 3 aromatic heterocycles. The topological polar surface area (TPSA) is 38.9 Å². The summed E-state index contributed by atoms with van der Waals surface area (Å²) in [6.45, 7) is 0. The lowest BCUT2D eigenvalue weighted by Gasteiger charge is -2.11. The van der Waals surface area contributed by atoms with Crippen LogP contribution in [-0.2, 0) is 0 Å². The highest BCUT2D eigenvalue weighted by Crippen LogP contribution is 2.35. The van der Waals surface area contributed by atoms with E-state index in [1.54, 1.807) is 0 Å². The van der Waals surface area contributed by atoms with Crippen LogP contribution in [0.25, 0.3) is 77.3 Å². The molecule has 3 heterocycles. The van der Waals surface area contributed by atoms with Crippen molar-refractivity contribution in [3.63, 3.8) is 0 Å². The standard InChI is InChI=1S/C36H22N2O/c1-2-10-31-27(7-1)28-8-3-5-11-32(28)38-36(31)33-21-26(19-20-37-33)24-15-13-23(14-16-24)25-17-18-30-29-9-4-6-12-34(29)39-35(30)22-25/h1-22H. The van der Waals surface area contributed by atoms with E-state index in [0.717, 1.165) is 71.9 Å². The zero-order valence-corrected chi connectivity index (χ0v) is 21.0. The number of pyridine rings is 2. The summed E-state index contributed by atoms with van der Waals surface area (Å²) in [6.07, 6.45) is 1.87. The Labute approximate surface area is 225 Å². The van der Waals surface area contributed by atoms with Crippen molar-refractivity contribution in [3.8, 4) is 33.6 Å². The van der Waals surface area contributed by atoms with Crippen LogP contribution in [-0.4, -0.2) is 9.97 Å². The van der Waals surface area contributed by atoms with Gasteiger partial charge in [0.15, 0.2) is 0 Å². The zero-order valence-electron chi connectivity index (χ0n) is 21.0. The van der Waals surface area contributed by atoms with Gasteiger partial charge in [0.1, 0.15) is 11.2 Å². The largest absolute Gasteiger partial charge is 0.456 e. The van der Waals surface area contributed by atoms with Crippen LogP contribution in [0.3, 0.4) is 0 Å². The number of para-hydroxylation sites is 2. The molecule has 0 spiro atoms. The first-order valence-corrected chi connectivity index (χ1v) is 13.1. The first-order valence-electron chi connectivity index (χ1n) is 13.1. The van der Waals surface area contributed by atoms with Crippen LogP contribution in [0.2, 0.25) is 0 Å². The molecule has 0 saturated carbocycles. The number of rotatable bonds is 3. The van der Waals surface area contributed by atoms with Crippen molar-refractivity contribution in [3.05, 3.63) is 134 Å². The Morgan fingerprint density at radius 3 is 1.87 bits per heavy atom. The molecule has 0 radical (unpaired) electrons. The minimum absolute atomic E-state index is 0.869. The van der Waals surface area contributed by atoms with Crippen LogP contribution in [0.15, 0.2) is 138 Å². The Kier molecular flexibility index (Phi) is 4.82. The van der Waals surface area contributed by atoms with E-state index in [2.05, 4.69) is 103 Å². The Balaban J connectivity index is 1.18. The van der Waals surface area contributed by atoms with Gasteiger partial charge in [-0.25, -0.2) is 4.98 Å². The summed E-state index contributed by atoms with van der Waals surface area (Å²) in [4.78, 5) is 9.76. The molecule has 182 valence electrons. The maximum absolute atomic E-state index is 6.11. The third-order valence-corrected chi connectivity index (χ3v) is 7.54. The van der Waals surface area contributed by atoms with Gasteiger partial charge in [-0.3, -0.25) is 4.98 Å². The van der Waals surface area contributed by atoms with Crippen molar-refractivity contribution in [2.45, 2.75) is 0 Å². The van der Waals surface area contributed by atoms with Gasteiger partial charge in [-0.15, -0.1) is 0 Å². The molecule has 0 atom stereocenters. The van der Waals surface area contributed by atoms with Crippen LogP contribution in [0.5, 0.6) is 0 Å². The summed E-state index contributed by atoms with van der Waals surface area (Å²) in [7, 11) is 0. The van der Waals surface area contributed by atoms with Crippen molar-refractivity contribution in [1.29, 1.82) is 0 Å². The third-order valence-electron chi connectivity index (χ3n) is 7.54. The molecule has 0 aliphatic heterocycles. The average Bonchev–Trinajstić information content (AvgIpc) is 3.39. The molecule has 0 aliphatic carbocycles. The van der Waals surface area contributed by atoms with Crippen LogP contribution < -0.4 is 0 Å². The molecule has 0 fully saturated rings. The molecule has 0 N–H and O–H groups in total. The number of hydrogen-bond donors (Lipinski definition) is 0. The van der Waals surface area contributed by atoms with Crippen molar-refractivity contribution >= 4 is 43.6 Å². The van der Waals surface area contributed by atoms with Crippen molar-refractivity contribution in [2.75, 3.05) is 0 Å². The van der Waals surface area contributed by atoms with Crippen LogP contribution >= 0.6 is 0 Å². The molecule has 0 saturated heterocycles. The fourth-order valence-corrected chi connectivity index (χ4v) is 5.60. The number of furan rings is 1. The summed E-state index contributed by atoms with van der Waals surface area (Å²) in [5.41, 5.74) is 9.11. The van der Waals surface area contributed by atoms with Gasteiger partial charge in [-0.2, -0.15) is 0 Å². The number of nitrogens with zero attached hydrogens (tertiary/aromatic N) is 2. The summed E-state index contributed by atoms with van der Waals surface area (Å²) in [6, 6.07) is 44.2. The van der Waals surface area contributed by atoms with Crippen LogP contribution in [0, 0.1) is 0 Å². The van der Waals surface area contributed by atoms with E-state index < -0.39 is 0 Å². The summed E-state index contributed by atoms with van der Waals surface area (Å²) >= 11 is 0. The zero-order chi connectivity index (χ0) is 25.8. The quantitative estimate of drug-likeness (QED) is 0.228. The summed E-state index contributed by atoms with van der Waals surface area (Å²) < 4.78 is 6.11. The molecule has 3 heteroatoms. The molecule has 8 rings (SSSR count).